The van der Waals surface area contributed by atoms with Crippen molar-refractivity contribution in [2.45, 2.75) is 32.2 Å². The van der Waals surface area contributed by atoms with Gasteiger partial charge < -0.3 is 4.90 Å². The normalized spacial score (nSPS) is 16.7. The van der Waals surface area contributed by atoms with E-state index < -0.39 is 11.9 Å². The Morgan fingerprint density at radius 3 is 2.44 bits per heavy atom. The van der Waals surface area contributed by atoms with Gasteiger partial charge in [0.05, 0.1) is 17.1 Å². The molecule has 27 heavy (non-hydrogen) atoms. The lowest BCUT2D eigenvalue weighted by Gasteiger charge is -2.29. The first-order chi connectivity index (χ1) is 13.0. The number of hydrogen-bond donors (Lipinski definition) is 0. The van der Waals surface area contributed by atoms with Crippen molar-refractivity contribution >= 4 is 34.7 Å². The fourth-order valence-electron chi connectivity index (χ4n) is 3.27. The zero-order valence-corrected chi connectivity index (χ0v) is 15.9. The first kappa shape index (κ1) is 19.2. The van der Waals surface area contributed by atoms with Crippen molar-refractivity contribution in [3.05, 3.63) is 66.0 Å². The minimum atomic E-state index is -0.612. The average Bonchev–Trinajstić information content (AvgIpc) is 2.97. The highest BCUT2D eigenvalue weighted by Crippen LogP contribution is 2.26. The van der Waals surface area contributed by atoms with Crippen LogP contribution in [-0.4, -0.2) is 34.3 Å². The topological polar surface area (TPSA) is 40.6 Å². The van der Waals surface area contributed by atoms with Gasteiger partial charge in [-0.1, -0.05) is 49.5 Å². The molecule has 2 amide bonds. The molecule has 0 bridgehead atoms. The van der Waals surface area contributed by atoms with E-state index in [1.165, 1.54) is 24.3 Å². The highest BCUT2D eigenvalue weighted by atomic mass is 32.1. The van der Waals surface area contributed by atoms with Gasteiger partial charge in [0.25, 0.3) is 5.91 Å². The molecule has 1 fully saturated rings. The van der Waals surface area contributed by atoms with Crippen molar-refractivity contribution in [3.8, 4) is 0 Å². The lowest BCUT2D eigenvalue weighted by atomic mass is 10.1. The van der Waals surface area contributed by atoms with Crippen LogP contribution in [-0.2, 0) is 16.0 Å². The molecular weight excluding hydrogens is 363 g/mol. The number of halogens is 1. The SMILES string of the molecule is CCC(=S)N(CCc1ccccc1)C1CC(=O)N(c2ccc(F)cc2)C1=O. The summed E-state index contributed by atoms with van der Waals surface area (Å²) in [5.41, 5.74) is 1.54. The maximum atomic E-state index is 13.2. The van der Waals surface area contributed by atoms with E-state index in [4.69, 9.17) is 12.2 Å². The Morgan fingerprint density at radius 1 is 1.15 bits per heavy atom. The third-order valence-corrected chi connectivity index (χ3v) is 5.21. The number of carbonyl (C=O) groups excluding carboxylic acids is 2. The molecule has 1 saturated heterocycles. The number of carbonyl (C=O) groups is 2. The fraction of sp³-hybridized carbons (Fsp3) is 0.286. The van der Waals surface area contributed by atoms with Crippen molar-refractivity contribution in [1.29, 1.82) is 0 Å². The van der Waals surface area contributed by atoms with Gasteiger partial charge in [-0.2, -0.15) is 0 Å². The van der Waals surface area contributed by atoms with Crippen LogP contribution >= 0.6 is 12.2 Å². The Balaban J connectivity index is 1.80. The summed E-state index contributed by atoms with van der Waals surface area (Å²) in [7, 11) is 0. The molecule has 1 atom stereocenters. The van der Waals surface area contributed by atoms with Crippen LogP contribution in [0, 0.1) is 5.82 Å². The van der Waals surface area contributed by atoms with E-state index >= 15 is 0 Å². The summed E-state index contributed by atoms with van der Waals surface area (Å²) in [5, 5.41) is 0. The fourth-order valence-corrected chi connectivity index (χ4v) is 3.49. The van der Waals surface area contributed by atoms with E-state index in [0.29, 0.717) is 23.6 Å². The molecule has 4 nitrogen and oxygen atoms in total. The van der Waals surface area contributed by atoms with Crippen LogP contribution in [0.2, 0.25) is 0 Å². The van der Waals surface area contributed by atoms with Crippen LogP contribution in [0.3, 0.4) is 0 Å². The van der Waals surface area contributed by atoms with Crippen LogP contribution < -0.4 is 4.90 Å². The summed E-state index contributed by atoms with van der Waals surface area (Å²) in [5.74, 6) is -1.01. The smallest absolute Gasteiger partial charge is 0.257 e. The average molecular weight is 384 g/mol. The Morgan fingerprint density at radius 2 is 1.81 bits per heavy atom. The first-order valence-corrected chi connectivity index (χ1v) is 9.38. The second-order valence-electron chi connectivity index (χ2n) is 6.44. The number of nitrogens with zero attached hydrogens (tertiary/aromatic N) is 2. The summed E-state index contributed by atoms with van der Waals surface area (Å²) < 4.78 is 13.2. The van der Waals surface area contributed by atoms with Crippen molar-refractivity contribution < 1.29 is 14.0 Å². The van der Waals surface area contributed by atoms with E-state index in [1.807, 2.05) is 42.2 Å². The highest BCUT2D eigenvalue weighted by molar-refractivity contribution is 7.80. The van der Waals surface area contributed by atoms with E-state index in [-0.39, 0.29) is 18.2 Å². The number of benzene rings is 2. The zero-order valence-electron chi connectivity index (χ0n) is 15.1. The number of amides is 2. The van der Waals surface area contributed by atoms with Gasteiger partial charge in [0.2, 0.25) is 5.91 Å². The maximum absolute atomic E-state index is 13.2. The molecule has 2 aromatic rings. The van der Waals surface area contributed by atoms with Crippen LogP contribution in [0.5, 0.6) is 0 Å². The van der Waals surface area contributed by atoms with Gasteiger partial charge in [-0.3, -0.25) is 9.59 Å². The number of hydrogen-bond acceptors (Lipinski definition) is 3. The summed E-state index contributed by atoms with van der Waals surface area (Å²) in [6, 6.07) is 14.7. The predicted molar refractivity (Wildman–Crippen MR) is 107 cm³/mol. The van der Waals surface area contributed by atoms with Gasteiger partial charge in [-0.05, 0) is 42.7 Å². The predicted octanol–water partition coefficient (Wildman–Crippen LogP) is 3.74. The molecule has 1 heterocycles. The van der Waals surface area contributed by atoms with Gasteiger partial charge in [0, 0.05) is 6.54 Å². The van der Waals surface area contributed by atoms with Crippen molar-refractivity contribution in [3.63, 3.8) is 0 Å². The molecule has 140 valence electrons. The Hall–Kier alpha value is -2.60. The third kappa shape index (κ3) is 4.22. The molecule has 0 N–H and O–H groups in total. The van der Waals surface area contributed by atoms with Crippen molar-refractivity contribution in [2.75, 3.05) is 11.4 Å². The molecule has 6 heteroatoms. The Kier molecular flexibility index (Phi) is 5.96. The summed E-state index contributed by atoms with van der Waals surface area (Å²) in [6.07, 6.45) is 1.43. The molecule has 0 aromatic heterocycles. The van der Waals surface area contributed by atoms with Crippen LogP contribution in [0.15, 0.2) is 54.6 Å². The van der Waals surface area contributed by atoms with Gasteiger partial charge in [-0.25, -0.2) is 9.29 Å². The second kappa shape index (κ2) is 8.39. The number of imide groups is 1. The van der Waals surface area contributed by atoms with E-state index in [2.05, 4.69) is 0 Å². The molecule has 0 aliphatic carbocycles. The van der Waals surface area contributed by atoms with Crippen molar-refractivity contribution in [2.24, 2.45) is 0 Å². The molecule has 0 saturated carbocycles. The minimum absolute atomic E-state index is 0.0745. The number of thiocarbonyl (C=S) groups is 1. The lowest BCUT2D eigenvalue weighted by molar-refractivity contribution is -0.122. The molecule has 0 spiro atoms. The van der Waals surface area contributed by atoms with Crippen LogP contribution in [0.4, 0.5) is 10.1 Å². The second-order valence-corrected chi connectivity index (χ2v) is 6.91. The van der Waals surface area contributed by atoms with Gasteiger partial charge in [0.1, 0.15) is 11.9 Å². The molecule has 1 unspecified atom stereocenters. The van der Waals surface area contributed by atoms with Gasteiger partial charge in [0.15, 0.2) is 0 Å². The molecule has 1 aliphatic heterocycles. The lowest BCUT2D eigenvalue weighted by Crippen LogP contribution is -2.45. The molecule has 2 aromatic carbocycles. The van der Waals surface area contributed by atoms with E-state index in [0.717, 1.165) is 16.9 Å². The quantitative estimate of drug-likeness (QED) is 0.562. The molecule has 3 rings (SSSR count). The van der Waals surface area contributed by atoms with Gasteiger partial charge >= 0.3 is 0 Å². The van der Waals surface area contributed by atoms with E-state index in [9.17, 15) is 14.0 Å². The summed E-state index contributed by atoms with van der Waals surface area (Å²) in [4.78, 5) is 29.2. The first-order valence-electron chi connectivity index (χ1n) is 8.97. The monoisotopic (exact) mass is 384 g/mol. The Labute approximate surface area is 163 Å². The maximum Gasteiger partial charge on any atom is 0.257 e. The summed E-state index contributed by atoms with van der Waals surface area (Å²) in [6.45, 7) is 2.51. The minimum Gasteiger partial charge on any atom is -0.353 e. The summed E-state index contributed by atoms with van der Waals surface area (Å²) >= 11 is 5.49. The third-order valence-electron chi connectivity index (χ3n) is 4.69. The largest absolute Gasteiger partial charge is 0.353 e. The van der Waals surface area contributed by atoms with Gasteiger partial charge in [-0.15, -0.1) is 0 Å². The Bertz CT molecular complexity index is 839. The molecule has 0 radical (unpaired) electrons. The number of rotatable bonds is 6. The standard InChI is InChI=1S/C21H21FN2O2S/c1-2-20(27)23(13-12-15-6-4-3-5-7-15)18-14-19(25)24(21(18)26)17-10-8-16(22)9-11-17/h3-11,18H,2,12-14H2,1H3. The number of anilines is 1. The van der Waals surface area contributed by atoms with Crippen LogP contribution in [0.1, 0.15) is 25.3 Å². The van der Waals surface area contributed by atoms with Crippen LogP contribution in [0.25, 0.3) is 0 Å². The zero-order chi connectivity index (χ0) is 19.4. The molecular formula is C21H21FN2O2S. The highest BCUT2D eigenvalue weighted by Gasteiger charge is 2.43. The molecule has 1 aliphatic rings. The van der Waals surface area contributed by atoms with Crippen molar-refractivity contribution in [1.82, 2.24) is 4.90 Å². The van der Waals surface area contributed by atoms with E-state index in [1.54, 1.807) is 0 Å².